The number of nitrogens with zero attached hydrogens (tertiary/aromatic N) is 5. The molecule has 0 radical (unpaired) electrons. The Hall–Kier alpha value is -7.35. The minimum absolute atomic E-state index is 0.0565. The van der Waals surface area contributed by atoms with Crippen LogP contribution in [-0.2, 0) is 41.9 Å². The molecule has 4 heterocycles. The van der Waals surface area contributed by atoms with Crippen molar-refractivity contribution < 1.29 is 33.2 Å². The number of likely N-dealkylation sites (tertiary alicyclic amines) is 4. The van der Waals surface area contributed by atoms with Gasteiger partial charge in [0.05, 0.1) is 0 Å². The number of hydrogen-bond acceptors (Lipinski definition) is 7. The molecule has 4 atom stereocenters. The summed E-state index contributed by atoms with van der Waals surface area (Å²) in [6.45, 7) is 2.77. The van der Waals surface area contributed by atoms with Gasteiger partial charge in [0, 0.05) is 69.2 Å². The number of halogens is 1. The van der Waals surface area contributed by atoms with E-state index in [1.54, 1.807) is 31.7 Å². The highest BCUT2D eigenvalue weighted by Gasteiger charge is 2.43. The first-order valence-electron chi connectivity index (χ1n) is 23.7. The van der Waals surface area contributed by atoms with Crippen molar-refractivity contribution in [3.05, 3.63) is 162 Å². The minimum atomic E-state index is -0.776. The lowest BCUT2D eigenvalue weighted by Gasteiger charge is -2.33. The molecular weight excluding hydrogens is 862 g/mol. The molecular formula is C54H56FN7O6. The van der Waals surface area contributed by atoms with Gasteiger partial charge in [-0.25, -0.2) is 4.39 Å². The van der Waals surface area contributed by atoms with E-state index in [1.807, 2.05) is 109 Å². The van der Waals surface area contributed by atoms with Crippen molar-refractivity contribution in [2.45, 2.75) is 88.6 Å². The van der Waals surface area contributed by atoms with Gasteiger partial charge in [-0.05, 0) is 109 Å². The van der Waals surface area contributed by atoms with Crippen LogP contribution in [0.25, 0.3) is 0 Å². The van der Waals surface area contributed by atoms with E-state index in [9.17, 15) is 33.2 Å². The topological polar surface area (TPSA) is 143 Å². The van der Waals surface area contributed by atoms with Gasteiger partial charge in [-0.3, -0.25) is 28.8 Å². The van der Waals surface area contributed by atoms with E-state index in [1.165, 1.54) is 12.1 Å². The fourth-order valence-electron chi connectivity index (χ4n) is 10.2. The van der Waals surface area contributed by atoms with Gasteiger partial charge in [0.15, 0.2) is 0 Å². The van der Waals surface area contributed by atoms with Crippen molar-refractivity contribution in [3.8, 4) is 0 Å². The standard InChI is InChI=1S/C54H56FN7O6/c55-41-23-29-44(30-24-41)58(35-37-19-25-42(26-20-37)56-51(65)45-15-7-31-59(45)53(67)49(39-11-3-1-4-12-39)61-33-9-17-47(61)63)36-38-21-27-43(28-22-38)57-52(66)46-16-8-32-60(46)54(68)50(40-13-5-2-6-14-40)62-34-10-18-48(62)64/h1-6,11-14,19-30,45-46,49-50H,7-10,15-18,31-36H2,(H,56,65)(H,57,66)/t45-,46?,49?,50?/m0/s1. The molecule has 3 unspecified atom stereocenters. The maximum atomic E-state index is 14.2. The average molecular weight is 918 g/mol. The van der Waals surface area contributed by atoms with Gasteiger partial charge in [-0.15, -0.1) is 0 Å². The van der Waals surface area contributed by atoms with Gasteiger partial charge in [0.2, 0.25) is 23.6 Å². The first-order valence-corrected chi connectivity index (χ1v) is 23.7. The van der Waals surface area contributed by atoms with E-state index >= 15 is 0 Å². The monoisotopic (exact) mass is 917 g/mol. The summed E-state index contributed by atoms with van der Waals surface area (Å²) in [5.41, 5.74) is 5.31. The fraction of sp³-hybridized carbons (Fsp3) is 0.333. The van der Waals surface area contributed by atoms with Crippen LogP contribution in [0.4, 0.5) is 21.5 Å². The molecule has 0 bridgehead atoms. The zero-order valence-corrected chi connectivity index (χ0v) is 38.0. The molecule has 0 saturated carbocycles. The van der Waals surface area contributed by atoms with Crippen molar-refractivity contribution in [2.75, 3.05) is 41.7 Å². The van der Waals surface area contributed by atoms with E-state index in [0.29, 0.717) is 102 Å². The van der Waals surface area contributed by atoms with Crippen LogP contribution < -0.4 is 15.5 Å². The van der Waals surface area contributed by atoms with E-state index in [-0.39, 0.29) is 41.3 Å². The van der Waals surface area contributed by atoms with Crippen LogP contribution in [0, 0.1) is 5.82 Å². The van der Waals surface area contributed by atoms with E-state index < -0.39 is 24.2 Å². The number of anilines is 3. The summed E-state index contributed by atoms with van der Waals surface area (Å²) in [7, 11) is 0. The largest absolute Gasteiger partial charge is 0.363 e. The zero-order chi connectivity index (χ0) is 47.1. The number of carbonyl (C=O) groups is 6. The summed E-state index contributed by atoms with van der Waals surface area (Å²) >= 11 is 0. The second-order valence-electron chi connectivity index (χ2n) is 18.1. The number of benzene rings is 5. The smallest absolute Gasteiger partial charge is 0.250 e. The molecule has 14 heteroatoms. The number of carbonyl (C=O) groups excluding carboxylic acids is 6. The number of hydrogen-bond donors (Lipinski definition) is 2. The van der Waals surface area contributed by atoms with Crippen LogP contribution in [0.2, 0.25) is 0 Å². The predicted molar refractivity (Wildman–Crippen MR) is 256 cm³/mol. The second-order valence-corrected chi connectivity index (χ2v) is 18.1. The second kappa shape index (κ2) is 20.7. The Morgan fingerprint density at radius 3 is 1.32 bits per heavy atom. The Labute approximate surface area is 395 Å². The molecule has 4 aliphatic rings. The molecule has 2 N–H and O–H groups in total. The molecule has 4 aliphatic heterocycles. The van der Waals surface area contributed by atoms with E-state index in [2.05, 4.69) is 15.5 Å². The van der Waals surface area contributed by atoms with Gasteiger partial charge in [0.1, 0.15) is 30.0 Å². The quantitative estimate of drug-likeness (QED) is 0.110. The summed E-state index contributed by atoms with van der Waals surface area (Å²) < 4.78 is 14.1. The van der Waals surface area contributed by atoms with Gasteiger partial charge in [0.25, 0.3) is 11.8 Å². The lowest BCUT2D eigenvalue weighted by Crippen LogP contribution is -2.49. The summed E-state index contributed by atoms with van der Waals surface area (Å²) in [6.07, 6.45) is 4.58. The van der Waals surface area contributed by atoms with Crippen LogP contribution in [0.15, 0.2) is 133 Å². The van der Waals surface area contributed by atoms with Crippen LogP contribution in [-0.4, -0.2) is 93.3 Å². The highest BCUT2D eigenvalue weighted by Crippen LogP contribution is 2.34. The van der Waals surface area contributed by atoms with Crippen molar-refractivity contribution in [1.82, 2.24) is 19.6 Å². The molecule has 0 spiro atoms. The normalized spacial score (nSPS) is 19.0. The molecule has 68 heavy (non-hydrogen) atoms. The first kappa shape index (κ1) is 45.8. The molecule has 6 amide bonds. The third-order valence-corrected chi connectivity index (χ3v) is 13.6. The zero-order valence-electron chi connectivity index (χ0n) is 38.0. The van der Waals surface area contributed by atoms with Crippen LogP contribution in [0.1, 0.15) is 85.7 Å². The van der Waals surface area contributed by atoms with Crippen molar-refractivity contribution in [1.29, 1.82) is 0 Å². The van der Waals surface area contributed by atoms with Gasteiger partial charge in [-0.1, -0.05) is 84.9 Å². The fourth-order valence-corrected chi connectivity index (χ4v) is 10.2. The van der Waals surface area contributed by atoms with Gasteiger partial charge in [-0.2, -0.15) is 0 Å². The molecule has 0 aliphatic carbocycles. The van der Waals surface area contributed by atoms with Crippen molar-refractivity contribution >= 4 is 52.5 Å². The first-order chi connectivity index (χ1) is 33.1. The molecule has 4 saturated heterocycles. The highest BCUT2D eigenvalue weighted by atomic mass is 19.1. The Morgan fingerprint density at radius 1 is 0.529 bits per heavy atom. The summed E-state index contributed by atoms with van der Waals surface area (Å²) in [5, 5.41) is 6.04. The summed E-state index contributed by atoms with van der Waals surface area (Å²) in [5.74, 6) is -1.51. The van der Waals surface area contributed by atoms with E-state index in [0.717, 1.165) is 27.9 Å². The highest BCUT2D eigenvalue weighted by molar-refractivity contribution is 6.00. The Balaban J connectivity index is 0.837. The Bertz CT molecular complexity index is 2460. The molecule has 13 nitrogen and oxygen atoms in total. The van der Waals surface area contributed by atoms with Crippen molar-refractivity contribution in [2.24, 2.45) is 0 Å². The third-order valence-electron chi connectivity index (χ3n) is 13.6. The number of rotatable bonds is 15. The average Bonchev–Trinajstić information content (AvgIpc) is 4.21. The third kappa shape index (κ3) is 10.1. The molecule has 350 valence electrons. The summed E-state index contributed by atoms with van der Waals surface area (Å²) in [6, 6.07) is 37.0. The molecule has 5 aromatic rings. The Morgan fingerprint density at radius 2 is 0.941 bits per heavy atom. The number of nitrogens with one attached hydrogen (secondary N) is 2. The van der Waals surface area contributed by atoms with E-state index in [4.69, 9.17) is 0 Å². The Kier molecular flexibility index (Phi) is 13.9. The van der Waals surface area contributed by atoms with Crippen LogP contribution >= 0.6 is 0 Å². The molecule has 5 aromatic carbocycles. The lowest BCUT2D eigenvalue weighted by atomic mass is 10.0. The van der Waals surface area contributed by atoms with Crippen LogP contribution in [0.3, 0.4) is 0 Å². The molecule has 4 fully saturated rings. The number of amides is 6. The van der Waals surface area contributed by atoms with Crippen LogP contribution in [0.5, 0.6) is 0 Å². The maximum absolute atomic E-state index is 14.2. The minimum Gasteiger partial charge on any atom is -0.363 e. The van der Waals surface area contributed by atoms with Gasteiger partial charge >= 0.3 is 0 Å². The SMILES string of the molecule is O=C(Nc1ccc(CN(Cc2ccc(NC(=O)[C@@H]3CCCN3C(=O)C(c3ccccc3)N3CCCC3=O)cc2)c2ccc(F)cc2)cc1)C1CCCN1C(=O)C(c1ccccc1)N1CCCC1=O. The lowest BCUT2D eigenvalue weighted by molar-refractivity contribution is -0.146. The summed E-state index contributed by atoms with van der Waals surface area (Å²) in [4.78, 5) is 90.3. The predicted octanol–water partition coefficient (Wildman–Crippen LogP) is 7.62. The maximum Gasteiger partial charge on any atom is 0.250 e. The molecule has 0 aromatic heterocycles. The van der Waals surface area contributed by atoms with Crippen molar-refractivity contribution in [3.63, 3.8) is 0 Å². The molecule has 9 rings (SSSR count). The van der Waals surface area contributed by atoms with Gasteiger partial charge < -0.3 is 35.1 Å².